The molecule has 0 unspecified atom stereocenters. The number of nitrogens with zero attached hydrogens (tertiary/aromatic N) is 4. The Labute approximate surface area is 211 Å². The zero-order valence-corrected chi connectivity index (χ0v) is 20.2. The fourth-order valence-electron chi connectivity index (χ4n) is 4.36. The summed E-state index contributed by atoms with van der Waals surface area (Å²) >= 11 is 1.52. The molecule has 8 nitrogen and oxygen atoms in total. The van der Waals surface area contributed by atoms with Gasteiger partial charge in [-0.3, -0.25) is 14.5 Å². The molecule has 5 aromatic rings. The summed E-state index contributed by atoms with van der Waals surface area (Å²) in [6.07, 6.45) is 3.22. The molecule has 36 heavy (non-hydrogen) atoms. The Hall–Kier alpha value is -4.50. The lowest BCUT2D eigenvalue weighted by Gasteiger charge is -2.18. The molecular formula is C27H22N6O2S. The summed E-state index contributed by atoms with van der Waals surface area (Å²) in [5, 5.41) is 13.3. The average Bonchev–Trinajstić information content (AvgIpc) is 3.62. The lowest BCUT2D eigenvalue weighted by atomic mass is 10.1. The van der Waals surface area contributed by atoms with E-state index < -0.39 is 0 Å². The van der Waals surface area contributed by atoms with Crippen LogP contribution in [0.15, 0.2) is 78.4 Å². The molecule has 3 aromatic heterocycles. The maximum atomic E-state index is 13.4. The van der Waals surface area contributed by atoms with E-state index in [0.29, 0.717) is 35.7 Å². The normalized spacial score (nSPS) is 12.5. The van der Waals surface area contributed by atoms with Gasteiger partial charge in [0.1, 0.15) is 5.82 Å². The Balaban J connectivity index is 1.36. The number of aromatic nitrogens is 3. The highest BCUT2D eigenvalue weighted by Gasteiger charge is 2.27. The van der Waals surface area contributed by atoms with Crippen molar-refractivity contribution in [3.05, 3.63) is 95.1 Å². The van der Waals surface area contributed by atoms with Crippen LogP contribution < -0.4 is 15.5 Å². The number of anilines is 4. The summed E-state index contributed by atoms with van der Waals surface area (Å²) in [5.74, 6) is 0.754. The minimum atomic E-state index is -0.258. The molecule has 0 fully saturated rings. The summed E-state index contributed by atoms with van der Waals surface area (Å²) < 4.78 is 2.83. The molecule has 178 valence electrons. The van der Waals surface area contributed by atoms with Gasteiger partial charge in [-0.1, -0.05) is 36.4 Å². The van der Waals surface area contributed by atoms with Crippen LogP contribution in [0.3, 0.4) is 0 Å². The molecule has 4 heterocycles. The van der Waals surface area contributed by atoms with Gasteiger partial charge in [0.2, 0.25) is 0 Å². The van der Waals surface area contributed by atoms with Crippen LogP contribution in [0.1, 0.15) is 26.3 Å². The molecule has 0 saturated heterocycles. The Morgan fingerprint density at radius 1 is 1.00 bits per heavy atom. The fraction of sp³-hybridized carbons (Fsp3) is 0.111. The number of fused-ring (bicyclic) bond motifs is 2. The van der Waals surface area contributed by atoms with E-state index in [0.717, 1.165) is 27.2 Å². The van der Waals surface area contributed by atoms with Gasteiger partial charge >= 0.3 is 0 Å². The van der Waals surface area contributed by atoms with Gasteiger partial charge in [0.15, 0.2) is 5.82 Å². The molecule has 0 spiro atoms. The van der Waals surface area contributed by atoms with Gasteiger partial charge in [0.05, 0.1) is 29.6 Å². The van der Waals surface area contributed by atoms with Crippen molar-refractivity contribution < 1.29 is 9.59 Å². The van der Waals surface area contributed by atoms with Crippen molar-refractivity contribution in [1.82, 2.24) is 14.8 Å². The molecule has 2 aromatic carbocycles. The van der Waals surface area contributed by atoms with Crippen LogP contribution in [0.4, 0.5) is 23.0 Å². The fourth-order valence-corrected chi connectivity index (χ4v) is 5.30. The first kappa shape index (κ1) is 22.0. The number of rotatable bonds is 5. The number of carbonyl (C=O) groups excluding carboxylic acids is 2. The number of benzene rings is 2. The van der Waals surface area contributed by atoms with Crippen molar-refractivity contribution in [1.29, 1.82) is 0 Å². The summed E-state index contributed by atoms with van der Waals surface area (Å²) in [5.41, 5.74) is 3.29. The van der Waals surface area contributed by atoms with Crippen LogP contribution in [0.2, 0.25) is 0 Å². The zero-order valence-electron chi connectivity index (χ0n) is 19.4. The number of hydrogen-bond acceptors (Lipinski definition) is 6. The molecule has 6 rings (SSSR count). The standard InChI is InChI=1S/C27H22N6O2S/c1-17-6-2-4-8-21(17)30-25-22(31-26(34)20-16-36-23-9-5-3-7-19(20)23)14-18(15-28-25)27(35)32-12-13-33-24(32)10-11-29-33/h2-11,14-16H,12-13H2,1H3,(H,28,30)(H,31,34). The van der Waals surface area contributed by atoms with Crippen LogP contribution in [0, 0.1) is 6.92 Å². The van der Waals surface area contributed by atoms with Gasteiger partial charge in [-0.2, -0.15) is 5.10 Å². The second kappa shape index (κ2) is 8.94. The van der Waals surface area contributed by atoms with Gasteiger partial charge in [-0.25, -0.2) is 9.67 Å². The number of hydrogen-bond donors (Lipinski definition) is 2. The van der Waals surface area contributed by atoms with Gasteiger partial charge in [0, 0.05) is 40.0 Å². The van der Waals surface area contributed by atoms with Crippen LogP contribution in [0.25, 0.3) is 10.1 Å². The summed E-state index contributed by atoms with van der Waals surface area (Å²) in [6.45, 7) is 3.17. The third-order valence-electron chi connectivity index (χ3n) is 6.26. The predicted molar refractivity (Wildman–Crippen MR) is 142 cm³/mol. The van der Waals surface area contributed by atoms with E-state index in [-0.39, 0.29) is 11.8 Å². The van der Waals surface area contributed by atoms with E-state index >= 15 is 0 Å². The van der Waals surface area contributed by atoms with E-state index in [1.165, 1.54) is 17.5 Å². The number of para-hydroxylation sites is 1. The largest absolute Gasteiger partial charge is 0.338 e. The number of thiophene rings is 1. The summed E-state index contributed by atoms with van der Waals surface area (Å²) in [7, 11) is 0. The van der Waals surface area contributed by atoms with Gasteiger partial charge in [-0.15, -0.1) is 11.3 Å². The minimum absolute atomic E-state index is 0.194. The molecule has 9 heteroatoms. The Bertz CT molecular complexity index is 1620. The maximum Gasteiger partial charge on any atom is 0.261 e. The summed E-state index contributed by atoms with van der Waals surface area (Å²) in [6, 6.07) is 19.1. The van der Waals surface area contributed by atoms with Crippen LogP contribution >= 0.6 is 11.3 Å². The second-order valence-electron chi connectivity index (χ2n) is 8.53. The van der Waals surface area contributed by atoms with E-state index in [2.05, 4.69) is 20.7 Å². The van der Waals surface area contributed by atoms with Crippen LogP contribution in [-0.2, 0) is 6.54 Å². The average molecular weight is 495 g/mol. The first-order valence-corrected chi connectivity index (χ1v) is 12.4. The second-order valence-corrected chi connectivity index (χ2v) is 9.44. The molecule has 1 aliphatic heterocycles. The van der Waals surface area contributed by atoms with Crippen molar-refractivity contribution >= 4 is 56.2 Å². The van der Waals surface area contributed by atoms with E-state index in [1.807, 2.05) is 66.9 Å². The van der Waals surface area contributed by atoms with Crippen molar-refractivity contribution in [3.63, 3.8) is 0 Å². The lowest BCUT2D eigenvalue weighted by molar-refractivity contribution is 0.0986. The van der Waals surface area contributed by atoms with Crippen LogP contribution in [-0.4, -0.2) is 33.1 Å². The third kappa shape index (κ3) is 3.89. The number of pyridine rings is 1. The highest BCUT2D eigenvalue weighted by molar-refractivity contribution is 7.17. The van der Waals surface area contributed by atoms with Gasteiger partial charge in [0.25, 0.3) is 11.8 Å². The van der Waals surface area contributed by atoms with Crippen molar-refractivity contribution in [2.75, 3.05) is 22.1 Å². The molecule has 2 amide bonds. The van der Waals surface area contributed by atoms with Gasteiger partial charge < -0.3 is 10.6 Å². The van der Waals surface area contributed by atoms with Crippen molar-refractivity contribution in [3.8, 4) is 0 Å². The molecule has 0 bridgehead atoms. The topological polar surface area (TPSA) is 92.2 Å². The predicted octanol–water partition coefficient (Wildman–Crippen LogP) is 5.46. The first-order valence-electron chi connectivity index (χ1n) is 11.5. The molecule has 0 aliphatic carbocycles. The number of nitrogens with one attached hydrogen (secondary N) is 2. The molecule has 0 saturated carbocycles. The van der Waals surface area contributed by atoms with Crippen LogP contribution in [0.5, 0.6) is 0 Å². The monoisotopic (exact) mass is 494 g/mol. The molecule has 0 atom stereocenters. The van der Waals surface area contributed by atoms with Crippen molar-refractivity contribution in [2.24, 2.45) is 0 Å². The van der Waals surface area contributed by atoms with E-state index in [1.54, 1.807) is 21.8 Å². The Morgan fingerprint density at radius 3 is 2.72 bits per heavy atom. The summed E-state index contributed by atoms with van der Waals surface area (Å²) in [4.78, 5) is 33.0. The zero-order chi connectivity index (χ0) is 24.6. The Kier molecular flexibility index (Phi) is 5.46. The number of carbonyl (C=O) groups is 2. The highest BCUT2D eigenvalue weighted by atomic mass is 32.1. The third-order valence-corrected chi connectivity index (χ3v) is 7.22. The lowest BCUT2D eigenvalue weighted by Crippen LogP contribution is -2.29. The number of aryl methyl sites for hydroxylation is 1. The Morgan fingerprint density at radius 2 is 1.83 bits per heavy atom. The van der Waals surface area contributed by atoms with E-state index in [4.69, 9.17) is 0 Å². The van der Waals surface area contributed by atoms with Gasteiger partial charge in [-0.05, 0) is 30.7 Å². The quantitative estimate of drug-likeness (QED) is 0.339. The van der Waals surface area contributed by atoms with E-state index in [9.17, 15) is 9.59 Å². The SMILES string of the molecule is Cc1ccccc1Nc1ncc(C(=O)N2CCn3nccc32)cc1NC(=O)c1csc2ccccc12. The van der Waals surface area contributed by atoms with Crippen molar-refractivity contribution in [2.45, 2.75) is 13.5 Å². The smallest absolute Gasteiger partial charge is 0.261 e. The minimum Gasteiger partial charge on any atom is -0.338 e. The highest BCUT2D eigenvalue weighted by Crippen LogP contribution is 2.31. The molecular weight excluding hydrogens is 472 g/mol. The molecule has 0 radical (unpaired) electrons. The molecule has 1 aliphatic rings. The molecule has 2 N–H and O–H groups in total. The number of amides is 2. The maximum absolute atomic E-state index is 13.4. The first-order chi connectivity index (χ1) is 17.6.